The van der Waals surface area contributed by atoms with Crippen molar-refractivity contribution in [3.05, 3.63) is 94.5 Å². The Kier molecular flexibility index (Phi) is 6.23. The molecule has 0 spiro atoms. The second-order valence-corrected chi connectivity index (χ2v) is 8.85. The number of hydrogen-bond donors (Lipinski definition) is 1. The molecule has 0 radical (unpaired) electrons. The molecule has 1 unspecified atom stereocenters. The minimum atomic E-state index is -0.640. The summed E-state index contributed by atoms with van der Waals surface area (Å²) in [7, 11) is 0. The van der Waals surface area contributed by atoms with Crippen molar-refractivity contribution >= 4 is 23.2 Å². The summed E-state index contributed by atoms with van der Waals surface area (Å²) in [6, 6.07) is 15.8. The highest BCUT2D eigenvalue weighted by Gasteiger charge is 2.36. The minimum absolute atomic E-state index is 0.0271. The fourth-order valence-electron chi connectivity index (χ4n) is 4.07. The van der Waals surface area contributed by atoms with Crippen LogP contribution < -0.4 is 5.73 Å². The number of hydrogen-bond acceptors (Lipinski definition) is 5. The van der Waals surface area contributed by atoms with Crippen LogP contribution in [0.1, 0.15) is 22.9 Å². The minimum Gasteiger partial charge on any atom is -0.399 e. The maximum Gasteiger partial charge on any atom is 0.250 e. The molecule has 0 aliphatic carbocycles. The van der Waals surface area contributed by atoms with E-state index in [-0.39, 0.29) is 18.3 Å². The van der Waals surface area contributed by atoms with Crippen molar-refractivity contribution in [1.29, 1.82) is 0 Å². The predicted molar refractivity (Wildman–Crippen MR) is 131 cm³/mol. The lowest BCUT2D eigenvalue weighted by Gasteiger charge is -2.23. The maximum absolute atomic E-state index is 13.9. The van der Waals surface area contributed by atoms with Crippen LogP contribution in [0, 0.1) is 12.7 Å². The highest BCUT2D eigenvalue weighted by Crippen LogP contribution is 2.35. The summed E-state index contributed by atoms with van der Waals surface area (Å²) in [6.45, 7) is 2.13. The summed E-state index contributed by atoms with van der Waals surface area (Å²) < 4.78 is 21.5. The van der Waals surface area contributed by atoms with Gasteiger partial charge in [-0.05, 0) is 66.9 Å². The summed E-state index contributed by atoms with van der Waals surface area (Å²) in [5.41, 5.74) is 10.6. The van der Waals surface area contributed by atoms with E-state index in [1.54, 1.807) is 53.2 Å². The van der Waals surface area contributed by atoms with Crippen molar-refractivity contribution in [3.63, 3.8) is 0 Å². The number of nitrogens with zero attached hydrogens (tertiary/aromatic N) is 4. The van der Waals surface area contributed by atoms with Crippen LogP contribution in [0.25, 0.3) is 17.1 Å². The van der Waals surface area contributed by atoms with Gasteiger partial charge in [-0.1, -0.05) is 23.7 Å². The van der Waals surface area contributed by atoms with Crippen LogP contribution in [-0.4, -0.2) is 38.7 Å². The number of rotatable bonds is 6. The normalized spacial score (nSPS) is 15.7. The Bertz CT molecular complexity index is 1370. The molecule has 5 rings (SSSR count). The number of aryl methyl sites for hydroxylation is 1. The number of carbonyl (C=O) groups is 1. The number of amides is 1. The molecule has 1 amide bonds. The van der Waals surface area contributed by atoms with Crippen LogP contribution in [0.15, 0.2) is 67.0 Å². The van der Waals surface area contributed by atoms with Gasteiger partial charge in [0.15, 0.2) is 6.23 Å². The van der Waals surface area contributed by atoms with E-state index in [0.717, 1.165) is 5.56 Å². The Labute approximate surface area is 206 Å². The molecule has 2 aromatic carbocycles. The molecule has 1 atom stereocenters. The van der Waals surface area contributed by atoms with Crippen molar-refractivity contribution in [1.82, 2.24) is 19.7 Å². The quantitative estimate of drug-likeness (QED) is 0.394. The Morgan fingerprint density at radius 1 is 1.17 bits per heavy atom. The van der Waals surface area contributed by atoms with Crippen LogP contribution in [0.4, 0.5) is 10.1 Å². The second-order valence-electron chi connectivity index (χ2n) is 8.41. The van der Waals surface area contributed by atoms with Gasteiger partial charge in [-0.3, -0.25) is 9.78 Å². The van der Waals surface area contributed by atoms with Gasteiger partial charge in [-0.15, -0.1) is 0 Å². The van der Waals surface area contributed by atoms with E-state index in [9.17, 15) is 9.18 Å². The number of anilines is 1. The third-order valence-corrected chi connectivity index (χ3v) is 6.20. The molecule has 1 saturated heterocycles. The Morgan fingerprint density at radius 2 is 1.97 bits per heavy atom. The summed E-state index contributed by atoms with van der Waals surface area (Å²) in [5.74, 6) is -0.398. The first-order valence-corrected chi connectivity index (χ1v) is 11.5. The van der Waals surface area contributed by atoms with Gasteiger partial charge in [-0.2, -0.15) is 5.10 Å². The second kappa shape index (κ2) is 9.48. The average Bonchev–Trinajstić information content (AvgIpc) is 3.44. The van der Waals surface area contributed by atoms with Crippen molar-refractivity contribution in [2.45, 2.75) is 19.6 Å². The van der Waals surface area contributed by atoms with Gasteiger partial charge >= 0.3 is 0 Å². The number of benzene rings is 2. The zero-order chi connectivity index (χ0) is 24.5. The molecule has 4 aromatic rings. The highest BCUT2D eigenvalue weighted by molar-refractivity contribution is 6.30. The molecule has 2 aromatic heterocycles. The zero-order valence-electron chi connectivity index (χ0n) is 19.0. The van der Waals surface area contributed by atoms with E-state index in [2.05, 4.69) is 4.98 Å². The lowest BCUT2D eigenvalue weighted by molar-refractivity contribution is -0.128. The fraction of sp³-hybridized carbons (Fsp3) is 0.192. The third kappa shape index (κ3) is 4.76. The standard InChI is InChI=1S/C26H23ClFN5O2/c1-16-12-20(7-8-22(16)28)33-14-21(25(31-33)23-9-4-18(27)13-30-23)26-32(24(34)15-35-26)11-10-17-2-5-19(29)6-3-17/h2-9,12-14,26H,10-11,15,29H2,1H3. The highest BCUT2D eigenvalue weighted by atomic mass is 35.5. The molecule has 1 aliphatic rings. The summed E-state index contributed by atoms with van der Waals surface area (Å²) >= 11 is 6.04. The Morgan fingerprint density at radius 3 is 2.69 bits per heavy atom. The van der Waals surface area contributed by atoms with E-state index < -0.39 is 6.23 Å². The lowest BCUT2D eigenvalue weighted by Crippen LogP contribution is -2.30. The van der Waals surface area contributed by atoms with E-state index in [1.807, 2.05) is 24.3 Å². The molecular weight excluding hydrogens is 469 g/mol. The van der Waals surface area contributed by atoms with Crippen LogP contribution in [0.5, 0.6) is 0 Å². The van der Waals surface area contributed by atoms with E-state index in [4.69, 9.17) is 27.2 Å². The average molecular weight is 492 g/mol. The lowest BCUT2D eigenvalue weighted by atomic mass is 10.1. The molecule has 2 N–H and O–H groups in total. The number of nitrogens with two attached hydrogens (primary N) is 1. The van der Waals surface area contributed by atoms with Crippen molar-refractivity contribution < 1.29 is 13.9 Å². The summed E-state index contributed by atoms with van der Waals surface area (Å²) in [5, 5.41) is 5.24. The summed E-state index contributed by atoms with van der Waals surface area (Å²) in [6.07, 6.45) is 3.35. The molecule has 3 heterocycles. The molecule has 1 aliphatic heterocycles. The maximum atomic E-state index is 13.9. The third-order valence-electron chi connectivity index (χ3n) is 5.97. The van der Waals surface area contributed by atoms with E-state index in [1.165, 1.54) is 6.07 Å². The van der Waals surface area contributed by atoms with Gasteiger partial charge in [0.1, 0.15) is 18.1 Å². The molecule has 178 valence electrons. The Balaban J connectivity index is 1.52. The van der Waals surface area contributed by atoms with Crippen molar-refractivity contribution in [3.8, 4) is 17.1 Å². The predicted octanol–water partition coefficient (Wildman–Crippen LogP) is 4.72. The van der Waals surface area contributed by atoms with Gasteiger partial charge in [0.2, 0.25) is 0 Å². The largest absolute Gasteiger partial charge is 0.399 e. The van der Waals surface area contributed by atoms with Gasteiger partial charge in [-0.25, -0.2) is 9.07 Å². The Hall–Kier alpha value is -3.75. The molecule has 35 heavy (non-hydrogen) atoms. The first-order chi connectivity index (χ1) is 16.9. The van der Waals surface area contributed by atoms with Gasteiger partial charge in [0, 0.05) is 30.2 Å². The number of halogens is 2. The van der Waals surface area contributed by atoms with Crippen LogP contribution in [0.2, 0.25) is 5.02 Å². The molecule has 7 nitrogen and oxygen atoms in total. The fourth-order valence-corrected chi connectivity index (χ4v) is 4.19. The molecular formula is C26H23ClFN5O2. The van der Waals surface area contributed by atoms with Gasteiger partial charge in [0.25, 0.3) is 5.91 Å². The molecule has 1 fully saturated rings. The monoisotopic (exact) mass is 491 g/mol. The van der Waals surface area contributed by atoms with Crippen LogP contribution in [0.3, 0.4) is 0 Å². The topological polar surface area (TPSA) is 86.3 Å². The smallest absolute Gasteiger partial charge is 0.250 e. The zero-order valence-corrected chi connectivity index (χ0v) is 19.7. The number of pyridine rings is 1. The van der Waals surface area contributed by atoms with Gasteiger partial charge in [0.05, 0.1) is 16.4 Å². The molecule has 0 bridgehead atoms. The molecule has 0 saturated carbocycles. The number of aromatic nitrogens is 3. The molecule has 9 heteroatoms. The SMILES string of the molecule is Cc1cc(-n2cc(C3OCC(=O)N3CCc3ccc(N)cc3)c(-c3ccc(Cl)cn3)n2)ccc1F. The number of ether oxygens (including phenoxy) is 1. The van der Waals surface area contributed by atoms with Crippen molar-refractivity contribution in [2.75, 3.05) is 18.9 Å². The van der Waals surface area contributed by atoms with E-state index in [0.29, 0.717) is 51.9 Å². The van der Waals surface area contributed by atoms with E-state index >= 15 is 0 Å². The van der Waals surface area contributed by atoms with Crippen molar-refractivity contribution in [2.24, 2.45) is 0 Å². The van der Waals surface area contributed by atoms with Crippen LogP contribution in [-0.2, 0) is 16.0 Å². The number of carbonyl (C=O) groups excluding carboxylic acids is 1. The van der Waals surface area contributed by atoms with Crippen LogP contribution >= 0.6 is 11.6 Å². The number of nitrogen functional groups attached to an aromatic ring is 1. The summed E-state index contributed by atoms with van der Waals surface area (Å²) in [4.78, 5) is 18.9. The first-order valence-electron chi connectivity index (χ1n) is 11.1. The first kappa shape index (κ1) is 23.0. The van der Waals surface area contributed by atoms with Gasteiger partial charge < -0.3 is 15.4 Å².